The summed E-state index contributed by atoms with van der Waals surface area (Å²) in [7, 11) is 0. The quantitative estimate of drug-likeness (QED) is 0.871. The third-order valence-electron chi connectivity index (χ3n) is 3.42. The second kappa shape index (κ2) is 6.93. The van der Waals surface area contributed by atoms with E-state index >= 15 is 0 Å². The monoisotopic (exact) mass is 366 g/mol. The summed E-state index contributed by atoms with van der Waals surface area (Å²) in [6, 6.07) is 5.52. The Morgan fingerprint density at radius 1 is 1.58 bits per heavy atom. The predicted octanol–water partition coefficient (Wildman–Crippen LogP) is 3.33. The Labute approximate surface area is 133 Å². The molecule has 1 aromatic rings. The van der Waals surface area contributed by atoms with Crippen LogP contribution in [0.5, 0.6) is 0 Å². The first kappa shape index (κ1) is 16.8. The van der Waals surface area contributed by atoms with Gasteiger partial charge in [-0.15, -0.1) is 12.4 Å². The van der Waals surface area contributed by atoms with Crippen LogP contribution >= 0.6 is 39.9 Å². The highest BCUT2D eigenvalue weighted by Gasteiger charge is 2.32. The maximum absolute atomic E-state index is 12.4. The molecule has 0 bridgehead atoms. The smallest absolute Gasteiger partial charge is 0.254 e. The van der Waals surface area contributed by atoms with Crippen molar-refractivity contribution in [1.82, 2.24) is 4.90 Å². The Morgan fingerprint density at radius 3 is 2.79 bits per heavy atom. The molecule has 19 heavy (non-hydrogen) atoms. The zero-order valence-corrected chi connectivity index (χ0v) is 13.8. The Kier molecular flexibility index (Phi) is 6.12. The summed E-state index contributed by atoms with van der Waals surface area (Å²) in [6.07, 6.45) is 0.983. The minimum absolute atomic E-state index is 0. The largest absolute Gasteiger partial charge is 0.336 e. The highest BCUT2D eigenvalue weighted by molar-refractivity contribution is 9.10. The van der Waals surface area contributed by atoms with Crippen molar-refractivity contribution in [3.63, 3.8) is 0 Å². The number of halogens is 3. The number of likely N-dealkylation sites (tertiary alicyclic amines) is 1. The molecule has 2 atom stereocenters. The molecule has 3 nitrogen and oxygen atoms in total. The van der Waals surface area contributed by atoms with E-state index in [1.54, 1.807) is 18.2 Å². The van der Waals surface area contributed by atoms with Gasteiger partial charge in [-0.3, -0.25) is 4.79 Å². The molecule has 1 aliphatic heterocycles. The molecule has 1 heterocycles. The van der Waals surface area contributed by atoms with Gasteiger partial charge in [0.2, 0.25) is 0 Å². The minimum atomic E-state index is 0. The van der Waals surface area contributed by atoms with Gasteiger partial charge in [-0.2, -0.15) is 0 Å². The molecule has 1 saturated heterocycles. The van der Waals surface area contributed by atoms with E-state index in [4.69, 9.17) is 17.3 Å². The van der Waals surface area contributed by atoms with Gasteiger partial charge in [0, 0.05) is 22.6 Å². The van der Waals surface area contributed by atoms with Crippen LogP contribution in [0, 0.1) is 5.92 Å². The fourth-order valence-electron chi connectivity index (χ4n) is 2.39. The zero-order chi connectivity index (χ0) is 13.3. The molecule has 1 aliphatic rings. The van der Waals surface area contributed by atoms with Crippen molar-refractivity contribution in [3.8, 4) is 0 Å². The van der Waals surface area contributed by atoms with Crippen molar-refractivity contribution < 1.29 is 4.79 Å². The fraction of sp³-hybridized carbons (Fsp3) is 0.462. The minimum Gasteiger partial charge on any atom is -0.336 e. The number of carbonyl (C=O) groups excluding carboxylic acids is 1. The van der Waals surface area contributed by atoms with E-state index in [-0.39, 0.29) is 24.4 Å². The van der Waals surface area contributed by atoms with Crippen LogP contribution in [-0.2, 0) is 0 Å². The van der Waals surface area contributed by atoms with Crippen LogP contribution in [0.1, 0.15) is 23.7 Å². The van der Waals surface area contributed by atoms with Gasteiger partial charge in [0.15, 0.2) is 0 Å². The summed E-state index contributed by atoms with van der Waals surface area (Å²) in [5, 5.41) is 0.612. The predicted molar refractivity (Wildman–Crippen MR) is 84.1 cm³/mol. The SMILES string of the molecule is CC1CC(CN)CN1C(=O)c1ccc(Cl)c(Br)c1.Cl. The van der Waals surface area contributed by atoms with Crippen LogP contribution in [0.15, 0.2) is 22.7 Å². The van der Waals surface area contributed by atoms with E-state index in [0.717, 1.165) is 17.4 Å². The Bertz CT molecular complexity index is 470. The number of hydrogen-bond acceptors (Lipinski definition) is 2. The highest BCUT2D eigenvalue weighted by Crippen LogP contribution is 2.27. The van der Waals surface area contributed by atoms with Crippen molar-refractivity contribution in [1.29, 1.82) is 0 Å². The van der Waals surface area contributed by atoms with Crippen LogP contribution in [0.3, 0.4) is 0 Å². The maximum atomic E-state index is 12.4. The molecule has 2 N–H and O–H groups in total. The molecule has 0 aromatic heterocycles. The Hall–Kier alpha value is -0.290. The van der Waals surface area contributed by atoms with Gasteiger partial charge in [-0.05, 0) is 59.9 Å². The summed E-state index contributed by atoms with van der Waals surface area (Å²) in [6.45, 7) is 3.45. The molecule has 0 spiro atoms. The molecule has 1 amide bonds. The standard InChI is InChI=1S/C13H16BrClN2O.ClH/c1-8-4-9(6-16)7-17(8)13(18)10-2-3-12(15)11(14)5-10;/h2-3,5,8-9H,4,6-7,16H2,1H3;1H. The third kappa shape index (κ3) is 3.63. The van der Waals surface area contributed by atoms with E-state index in [1.807, 2.05) is 4.90 Å². The molecule has 1 fully saturated rings. The second-order valence-corrected chi connectivity index (χ2v) is 6.03. The van der Waals surface area contributed by atoms with Crippen LogP contribution in [0.2, 0.25) is 5.02 Å². The van der Waals surface area contributed by atoms with Crippen molar-refractivity contribution in [3.05, 3.63) is 33.3 Å². The molecule has 2 unspecified atom stereocenters. The summed E-state index contributed by atoms with van der Waals surface area (Å²) in [5.74, 6) is 0.468. The van der Waals surface area contributed by atoms with Crippen LogP contribution < -0.4 is 5.73 Å². The fourth-order valence-corrected chi connectivity index (χ4v) is 2.89. The molecule has 0 aliphatic carbocycles. The van der Waals surface area contributed by atoms with Gasteiger partial charge < -0.3 is 10.6 Å². The lowest BCUT2D eigenvalue weighted by atomic mass is 10.1. The molecule has 1 aromatic carbocycles. The number of nitrogens with zero attached hydrogens (tertiary/aromatic N) is 1. The lowest BCUT2D eigenvalue weighted by Gasteiger charge is -2.21. The zero-order valence-electron chi connectivity index (χ0n) is 10.6. The van der Waals surface area contributed by atoms with Crippen molar-refractivity contribution in [2.75, 3.05) is 13.1 Å². The molecule has 0 radical (unpaired) electrons. The van der Waals surface area contributed by atoms with Gasteiger partial charge >= 0.3 is 0 Å². The Morgan fingerprint density at radius 2 is 2.26 bits per heavy atom. The number of hydrogen-bond donors (Lipinski definition) is 1. The van der Waals surface area contributed by atoms with Gasteiger partial charge in [0.05, 0.1) is 5.02 Å². The first-order valence-electron chi connectivity index (χ1n) is 5.99. The second-order valence-electron chi connectivity index (χ2n) is 4.77. The average molecular weight is 368 g/mol. The van der Waals surface area contributed by atoms with E-state index in [9.17, 15) is 4.79 Å². The van der Waals surface area contributed by atoms with Crippen molar-refractivity contribution in [2.24, 2.45) is 11.7 Å². The van der Waals surface area contributed by atoms with Gasteiger partial charge in [-0.1, -0.05) is 11.6 Å². The summed E-state index contributed by atoms with van der Waals surface area (Å²) in [4.78, 5) is 14.3. The number of amides is 1. The molecule has 106 valence electrons. The lowest BCUT2D eigenvalue weighted by molar-refractivity contribution is 0.0743. The van der Waals surface area contributed by atoms with Crippen LogP contribution in [0.4, 0.5) is 0 Å². The average Bonchev–Trinajstić information content (AvgIpc) is 2.73. The first-order valence-corrected chi connectivity index (χ1v) is 7.16. The first-order chi connectivity index (χ1) is 8.52. The number of carbonyl (C=O) groups is 1. The maximum Gasteiger partial charge on any atom is 0.254 e. The molecule has 2 rings (SSSR count). The van der Waals surface area contributed by atoms with E-state index < -0.39 is 0 Å². The molecule has 6 heteroatoms. The van der Waals surface area contributed by atoms with E-state index in [1.165, 1.54) is 0 Å². The van der Waals surface area contributed by atoms with Crippen molar-refractivity contribution >= 4 is 45.8 Å². The molecule has 0 saturated carbocycles. The Balaban J connectivity index is 0.00000180. The topological polar surface area (TPSA) is 46.3 Å². The van der Waals surface area contributed by atoms with E-state index in [2.05, 4.69) is 22.9 Å². The molecular formula is C13H17BrCl2N2O. The van der Waals surface area contributed by atoms with Crippen LogP contribution in [0.25, 0.3) is 0 Å². The highest BCUT2D eigenvalue weighted by atomic mass is 79.9. The number of rotatable bonds is 2. The van der Waals surface area contributed by atoms with E-state index in [0.29, 0.717) is 23.0 Å². The van der Waals surface area contributed by atoms with Gasteiger partial charge in [0.1, 0.15) is 0 Å². The summed E-state index contributed by atoms with van der Waals surface area (Å²) >= 11 is 9.27. The lowest BCUT2D eigenvalue weighted by Crippen LogP contribution is -2.34. The summed E-state index contributed by atoms with van der Waals surface area (Å²) < 4.78 is 0.747. The number of nitrogens with two attached hydrogens (primary N) is 1. The van der Waals surface area contributed by atoms with Crippen molar-refractivity contribution in [2.45, 2.75) is 19.4 Å². The molecular weight excluding hydrogens is 351 g/mol. The number of benzene rings is 1. The third-order valence-corrected chi connectivity index (χ3v) is 4.64. The summed E-state index contributed by atoms with van der Waals surface area (Å²) in [5.41, 5.74) is 6.34. The van der Waals surface area contributed by atoms with Gasteiger partial charge in [-0.25, -0.2) is 0 Å². The van der Waals surface area contributed by atoms with Crippen LogP contribution in [-0.4, -0.2) is 29.9 Å². The van der Waals surface area contributed by atoms with Gasteiger partial charge in [0.25, 0.3) is 5.91 Å². The normalized spacial score (nSPS) is 22.2.